The standard InChI is InChI=1S/C15H21NO3/c1-11-5-7-13(8-6-11)10-14(17)16-9-3-4-12(2)15(18)19/h5-8,12H,3-4,9-10H2,1-2H3,(H,16,17)(H,18,19). The number of carbonyl (C=O) groups is 2. The van der Waals surface area contributed by atoms with Gasteiger partial charge in [0.05, 0.1) is 12.3 Å². The monoisotopic (exact) mass is 263 g/mol. The van der Waals surface area contributed by atoms with Crippen molar-refractivity contribution in [3.63, 3.8) is 0 Å². The highest BCUT2D eigenvalue weighted by Gasteiger charge is 2.10. The van der Waals surface area contributed by atoms with Crippen LogP contribution in [0.2, 0.25) is 0 Å². The minimum Gasteiger partial charge on any atom is -0.481 e. The molecule has 0 bridgehead atoms. The van der Waals surface area contributed by atoms with Gasteiger partial charge in [0, 0.05) is 6.54 Å². The van der Waals surface area contributed by atoms with Crippen LogP contribution in [0.5, 0.6) is 0 Å². The van der Waals surface area contributed by atoms with Gasteiger partial charge in [-0.25, -0.2) is 0 Å². The number of amides is 1. The summed E-state index contributed by atoms with van der Waals surface area (Å²) in [6.07, 6.45) is 1.64. The van der Waals surface area contributed by atoms with E-state index in [1.165, 1.54) is 5.56 Å². The van der Waals surface area contributed by atoms with Gasteiger partial charge in [0.15, 0.2) is 0 Å². The van der Waals surface area contributed by atoms with E-state index in [1.54, 1.807) is 6.92 Å². The van der Waals surface area contributed by atoms with Crippen LogP contribution in [0.25, 0.3) is 0 Å². The van der Waals surface area contributed by atoms with Gasteiger partial charge in [0.2, 0.25) is 5.91 Å². The van der Waals surface area contributed by atoms with Crippen molar-refractivity contribution >= 4 is 11.9 Å². The summed E-state index contributed by atoms with van der Waals surface area (Å²) in [5.41, 5.74) is 2.16. The van der Waals surface area contributed by atoms with Gasteiger partial charge in [-0.1, -0.05) is 36.8 Å². The van der Waals surface area contributed by atoms with Crippen LogP contribution in [0.3, 0.4) is 0 Å². The Morgan fingerprint density at radius 2 is 1.89 bits per heavy atom. The lowest BCUT2D eigenvalue weighted by atomic mass is 10.1. The molecule has 4 heteroatoms. The summed E-state index contributed by atoms with van der Waals surface area (Å²) in [7, 11) is 0. The van der Waals surface area contributed by atoms with E-state index < -0.39 is 5.97 Å². The number of nitrogens with one attached hydrogen (secondary N) is 1. The summed E-state index contributed by atoms with van der Waals surface area (Å²) in [6, 6.07) is 7.86. The van der Waals surface area contributed by atoms with E-state index >= 15 is 0 Å². The Morgan fingerprint density at radius 3 is 2.47 bits per heavy atom. The van der Waals surface area contributed by atoms with Gasteiger partial charge < -0.3 is 10.4 Å². The minimum atomic E-state index is -0.786. The van der Waals surface area contributed by atoms with E-state index in [0.717, 1.165) is 5.56 Å². The maximum Gasteiger partial charge on any atom is 0.306 e. The van der Waals surface area contributed by atoms with E-state index in [-0.39, 0.29) is 11.8 Å². The third kappa shape index (κ3) is 6.04. The molecule has 1 atom stereocenters. The summed E-state index contributed by atoms with van der Waals surface area (Å²) < 4.78 is 0. The number of hydrogen-bond acceptors (Lipinski definition) is 2. The highest BCUT2D eigenvalue weighted by molar-refractivity contribution is 5.78. The maximum atomic E-state index is 11.6. The molecule has 0 saturated heterocycles. The van der Waals surface area contributed by atoms with E-state index in [9.17, 15) is 9.59 Å². The average molecular weight is 263 g/mol. The number of benzene rings is 1. The van der Waals surface area contributed by atoms with Crippen molar-refractivity contribution in [2.45, 2.75) is 33.1 Å². The number of hydrogen-bond donors (Lipinski definition) is 2. The Bertz CT molecular complexity index is 426. The molecule has 2 N–H and O–H groups in total. The first kappa shape index (κ1) is 15.2. The summed E-state index contributed by atoms with van der Waals surface area (Å²) >= 11 is 0. The van der Waals surface area contributed by atoms with Crippen molar-refractivity contribution in [2.75, 3.05) is 6.54 Å². The van der Waals surface area contributed by atoms with Gasteiger partial charge in [-0.05, 0) is 25.3 Å². The van der Waals surface area contributed by atoms with Crippen LogP contribution in [0.1, 0.15) is 30.9 Å². The van der Waals surface area contributed by atoms with Crippen molar-refractivity contribution in [3.8, 4) is 0 Å². The summed E-state index contributed by atoms with van der Waals surface area (Å²) in [4.78, 5) is 22.3. The summed E-state index contributed by atoms with van der Waals surface area (Å²) in [5, 5.41) is 11.5. The molecule has 1 aromatic carbocycles. The zero-order valence-corrected chi connectivity index (χ0v) is 11.5. The van der Waals surface area contributed by atoms with Crippen LogP contribution < -0.4 is 5.32 Å². The van der Waals surface area contributed by atoms with Gasteiger partial charge in [-0.3, -0.25) is 9.59 Å². The second kappa shape index (κ2) is 7.56. The molecule has 1 amide bonds. The lowest BCUT2D eigenvalue weighted by Crippen LogP contribution is -2.26. The Labute approximate surface area is 113 Å². The topological polar surface area (TPSA) is 66.4 Å². The van der Waals surface area contributed by atoms with Crippen molar-refractivity contribution in [2.24, 2.45) is 5.92 Å². The molecule has 0 aromatic heterocycles. The molecule has 4 nitrogen and oxygen atoms in total. The van der Waals surface area contributed by atoms with E-state index in [1.807, 2.05) is 31.2 Å². The third-order valence-electron chi connectivity index (χ3n) is 3.04. The van der Waals surface area contributed by atoms with Crippen LogP contribution in [-0.2, 0) is 16.0 Å². The number of aliphatic carboxylic acids is 1. The first-order valence-electron chi connectivity index (χ1n) is 6.54. The number of carboxylic acid groups (broad SMARTS) is 1. The second-order valence-electron chi connectivity index (χ2n) is 4.89. The zero-order chi connectivity index (χ0) is 14.3. The van der Waals surface area contributed by atoms with Crippen molar-refractivity contribution in [1.82, 2.24) is 5.32 Å². The number of aryl methyl sites for hydroxylation is 1. The first-order valence-corrected chi connectivity index (χ1v) is 6.54. The number of rotatable bonds is 7. The smallest absolute Gasteiger partial charge is 0.306 e. The lowest BCUT2D eigenvalue weighted by Gasteiger charge is -2.07. The molecule has 1 unspecified atom stereocenters. The molecule has 0 spiro atoms. The normalized spacial score (nSPS) is 11.9. The quantitative estimate of drug-likeness (QED) is 0.741. The van der Waals surface area contributed by atoms with Crippen molar-refractivity contribution < 1.29 is 14.7 Å². The molecule has 0 heterocycles. The average Bonchev–Trinajstić information content (AvgIpc) is 2.37. The molecule has 0 aliphatic carbocycles. The van der Waals surface area contributed by atoms with E-state index in [4.69, 9.17) is 5.11 Å². The summed E-state index contributed by atoms with van der Waals surface area (Å²) in [6.45, 7) is 4.21. The van der Waals surface area contributed by atoms with Gasteiger partial charge >= 0.3 is 5.97 Å². The third-order valence-corrected chi connectivity index (χ3v) is 3.04. The van der Waals surface area contributed by atoms with Crippen LogP contribution in [0, 0.1) is 12.8 Å². The fraction of sp³-hybridized carbons (Fsp3) is 0.467. The van der Waals surface area contributed by atoms with Gasteiger partial charge in [-0.2, -0.15) is 0 Å². The molecule has 104 valence electrons. The van der Waals surface area contributed by atoms with Crippen molar-refractivity contribution in [3.05, 3.63) is 35.4 Å². The molecular formula is C15H21NO3. The lowest BCUT2D eigenvalue weighted by molar-refractivity contribution is -0.141. The highest BCUT2D eigenvalue weighted by Crippen LogP contribution is 2.05. The molecular weight excluding hydrogens is 242 g/mol. The highest BCUT2D eigenvalue weighted by atomic mass is 16.4. The Morgan fingerprint density at radius 1 is 1.26 bits per heavy atom. The summed E-state index contributed by atoms with van der Waals surface area (Å²) in [5.74, 6) is -1.16. The first-order chi connectivity index (χ1) is 8.99. The van der Waals surface area contributed by atoms with Crippen LogP contribution in [0.4, 0.5) is 0 Å². The second-order valence-corrected chi connectivity index (χ2v) is 4.89. The van der Waals surface area contributed by atoms with E-state index in [2.05, 4.69) is 5.32 Å². The molecule has 0 aliphatic heterocycles. The molecule has 1 rings (SSSR count). The van der Waals surface area contributed by atoms with Crippen LogP contribution >= 0.6 is 0 Å². The minimum absolute atomic E-state index is 0.0215. The molecule has 0 aliphatic rings. The van der Waals surface area contributed by atoms with Crippen LogP contribution in [-0.4, -0.2) is 23.5 Å². The largest absolute Gasteiger partial charge is 0.481 e. The van der Waals surface area contributed by atoms with Crippen molar-refractivity contribution in [1.29, 1.82) is 0 Å². The molecule has 0 saturated carbocycles. The van der Waals surface area contributed by atoms with Gasteiger partial charge in [0.25, 0.3) is 0 Å². The van der Waals surface area contributed by atoms with Gasteiger partial charge in [0.1, 0.15) is 0 Å². The number of carboxylic acids is 1. The fourth-order valence-corrected chi connectivity index (χ4v) is 1.71. The van der Waals surface area contributed by atoms with Gasteiger partial charge in [-0.15, -0.1) is 0 Å². The Hall–Kier alpha value is -1.84. The SMILES string of the molecule is Cc1ccc(CC(=O)NCCCC(C)C(=O)O)cc1. The molecule has 19 heavy (non-hydrogen) atoms. The Kier molecular flexibility index (Phi) is 6.06. The van der Waals surface area contributed by atoms with E-state index in [0.29, 0.717) is 25.8 Å². The predicted molar refractivity (Wildman–Crippen MR) is 73.9 cm³/mol. The number of carbonyl (C=O) groups excluding carboxylic acids is 1. The Balaban J connectivity index is 2.21. The molecule has 0 radical (unpaired) electrons. The fourth-order valence-electron chi connectivity index (χ4n) is 1.71. The van der Waals surface area contributed by atoms with Crippen LogP contribution in [0.15, 0.2) is 24.3 Å². The predicted octanol–water partition coefficient (Wildman–Crippen LogP) is 2.15. The zero-order valence-electron chi connectivity index (χ0n) is 11.5. The molecule has 0 fully saturated rings. The maximum absolute atomic E-state index is 11.6. The molecule has 1 aromatic rings.